The highest BCUT2D eigenvalue weighted by atomic mass is 16.5. The van der Waals surface area contributed by atoms with Crippen LogP contribution in [0.15, 0.2) is 20.4 Å². The Hall–Kier alpha value is -2.71. The maximum Gasteiger partial charge on any atom is 0.332 e. The Labute approximate surface area is 142 Å². The Morgan fingerprint density at radius 3 is 2.68 bits per heavy atom. The monoisotopic (exact) mass is 344 g/mol. The van der Waals surface area contributed by atoms with Gasteiger partial charge < -0.3 is 9.09 Å². The molecular formula is C16H20N6O3. The molecule has 3 aromatic heterocycles. The van der Waals surface area contributed by atoms with E-state index in [9.17, 15) is 9.59 Å². The van der Waals surface area contributed by atoms with Gasteiger partial charge in [-0.15, -0.1) is 0 Å². The van der Waals surface area contributed by atoms with Gasteiger partial charge in [0.1, 0.15) is 0 Å². The molecule has 3 aromatic rings. The first kappa shape index (κ1) is 15.8. The summed E-state index contributed by atoms with van der Waals surface area (Å²) < 4.78 is 9.52. The van der Waals surface area contributed by atoms with Gasteiger partial charge in [-0.25, -0.2) is 9.78 Å². The quantitative estimate of drug-likeness (QED) is 0.700. The first-order chi connectivity index (χ1) is 12.1. The van der Waals surface area contributed by atoms with Crippen LogP contribution in [0.25, 0.3) is 11.2 Å². The van der Waals surface area contributed by atoms with E-state index in [1.54, 1.807) is 11.6 Å². The molecule has 0 unspecified atom stereocenters. The Kier molecular flexibility index (Phi) is 3.78. The van der Waals surface area contributed by atoms with Gasteiger partial charge in [0.2, 0.25) is 5.89 Å². The van der Waals surface area contributed by atoms with Crippen molar-refractivity contribution in [1.29, 1.82) is 0 Å². The highest BCUT2D eigenvalue weighted by molar-refractivity contribution is 5.70. The van der Waals surface area contributed by atoms with E-state index in [0.29, 0.717) is 28.8 Å². The van der Waals surface area contributed by atoms with Crippen molar-refractivity contribution < 1.29 is 4.52 Å². The lowest BCUT2D eigenvalue weighted by Gasteiger charge is -2.17. The molecule has 4 rings (SSSR count). The highest BCUT2D eigenvalue weighted by Crippen LogP contribution is 2.31. The normalized spacial score (nSPS) is 15.9. The van der Waals surface area contributed by atoms with E-state index in [4.69, 9.17) is 4.52 Å². The van der Waals surface area contributed by atoms with E-state index in [2.05, 4.69) is 15.1 Å². The summed E-state index contributed by atoms with van der Waals surface area (Å²) in [5, 5.41) is 4.05. The first-order valence-corrected chi connectivity index (χ1v) is 8.49. The summed E-state index contributed by atoms with van der Waals surface area (Å²) in [6.07, 6.45) is 7.34. The van der Waals surface area contributed by atoms with Crippen LogP contribution in [-0.4, -0.2) is 28.8 Å². The second kappa shape index (κ2) is 5.98. The minimum absolute atomic E-state index is 0.278. The van der Waals surface area contributed by atoms with Crippen LogP contribution in [0.5, 0.6) is 0 Å². The molecule has 1 aliphatic carbocycles. The summed E-state index contributed by atoms with van der Waals surface area (Å²) in [6.45, 7) is 0.278. The molecular weight excluding hydrogens is 324 g/mol. The average Bonchev–Trinajstić information content (AvgIpc) is 3.27. The zero-order chi connectivity index (χ0) is 17.6. The molecule has 132 valence electrons. The fraction of sp³-hybridized carbons (Fsp3) is 0.562. The van der Waals surface area contributed by atoms with E-state index in [-0.39, 0.29) is 12.1 Å². The second-order valence-corrected chi connectivity index (χ2v) is 6.63. The molecule has 0 bridgehead atoms. The van der Waals surface area contributed by atoms with E-state index in [0.717, 1.165) is 17.4 Å². The van der Waals surface area contributed by atoms with Crippen LogP contribution in [0.4, 0.5) is 0 Å². The molecule has 1 saturated carbocycles. The Morgan fingerprint density at radius 2 is 1.92 bits per heavy atom. The molecule has 0 atom stereocenters. The van der Waals surface area contributed by atoms with Crippen molar-refractivity contribution in [3.63, 3.8) is 0 Å². The number of hydrogen-bond donors (Lipinski definition) is 0. The molecule has 0 radical (unpaired) electrons. The van der Waals surface area contributed by atoms with Gasteiger partial charge in [0.05, 0.1) is 12.9 Å². The number of nitrogens with zero attached hydrogens (tertiary/aromatic N) is 6. The van der Waals surface area contributed by atoms with Crippen molar-refractivity contribution in [2.45, 2.75) is 44.6 Å². The van der Waals surface area contributed by atoms with Crippen LogP contribution >= 0.6 is 0 Å². The maximum atomic E-state index is 12.5. The lowest BCUT2D eigenvalue weighted by Crippen LogP contribution is -2.37. The Balaban J connectivity index is 1.69. The van der Waals surface area contributed by atoms with Crippen LogP contribution in [0, 0.1) is 0 Å². The third-order valence-electron chi connectivity index (χ3n) is 4.97. The molecule has 0 aliphatic heterocycles. The lowest BCUT2D eigenvalue weighted by atomic mass is 9.89. The maximum absolute atomic E-state index is 12.5. The predicted molar refractivity (Wildman–Crippen MR) is 89.4 cm³/mol. The van der Waals surface area contributed by atoms with Gasteiger partial charge in [-0.1, -0.05) is 24.4 Å². The third kappa shape index (κ3) is 2.59. The van der Waals surface area contributed by atoms with E-state index in [1.807, 2.05) is 0 Å². The smallest absolute Gasteiger partial charge is 0.332 e. The van der Waals surface area contributed by atoms with Crippen LogP contribution in [-0.2, 0) is 20.6 Å². The fourth-order valence-corrected chi connectivity index (χ4v) is 3.52. The van der Waals surface area contributed by atoms with E-state index in [1.165, 1.54) is 37.2 Å². The minimum Gasteiger partial charge on any atom is -0.339 e. The summed E-state index contributed by atoms with van der Waals surface area (Å²) in [4.78, 5) is 33.1. The standard InChI is InChI=1S/C16H20N6O3/c1-20-13-12(15(23)21(2)16(20)24)22(9-17-13)8-11-18-14(25-19-11)10-6-4-3-5-7-10/h9-10H,3-8H2,1-2H3. The van der Waals surface area contributed by atoms with Crippen LogP contribution < -0.4 is 11.2 Å². The van der Waals surface area contributed by atoms with Crippen LogP contribution in [0.2, 0.25) is 0 Å². The third-order valence-corrected chi connectivity index (χ3v) is 4.97. The average molecular weight is 344 g/mol. The van der Waals surface area contributed by atoms with Crippen molar-refractivity contribution in [2.75, 3.05) is 0 Å². The topological polar surface area (TPSA) is 101 Å². The molecule has 1 aliphatic rings. The second-order valence-electron chi connectivity index (χ2n) is 6.63. The fourth-order valence-electron chi connectivity index (χ4n) is 3.52. The zero-order valence-corrected chi connectivity index (χ0v) is 14.3. The van der Waals surface area contributed by atoms with Crippen LogP contribution in [0.3, 0.4) is 0 Å². The number of hydrogen-bond acceptors (Lipinski definition) is 6. The number of aromatic nitrogens is 6. The van der Waals surface area contributed by atoms with E-state index >= 15 is 0 Å². The molecule has 0 amide bonds. The van der Waals surface area contributed by atoms with Gasteiger partial charge in [-0.05, 0) is 12.8 Å². The summed E-state index contributed by atoms with van der Waals surface area (Å²) in [7, 11) is 3.05. The molecule has 0 aromatic carbocycles. The van der Waals surface area contributed by atoms with Gasteiger partial charge in [-0.2, -0.15) is 4.98 Å². The summed E-state index contributed by atoms with van der Waals surface area (Å²) in [5.41, 5.74) is -0.0776. The van der Waals surface area contributed by atoms with Crippen molar-refractivity contribution in [3.05, 3.63) is 38.9 Å². The van der Waals surface area contributed by atoms with E-state index < -0.39 is 5.69 Å². The molecule has 0 saturated heterocycles. The summed E-state index contributed by atoms with van der Waals surface area (Å²) >= 11 is 0. The molecule has 0 N–H and O–H groups in total. The number of rotatable bonds is 3. The molecule has 25 heavy (non-hydrogen) atoms. The van der Waals surface area contributed by atoms with Crippen molar-refractivity contribution >= 4 is 11.2 Å². The minimum atomic E-state index is -0.401. The van der Waals surface area contributed by atoms with Crippen molar-refractivity contribution in [3.8, 4) is 0 Å². The zero-order valence-electron chi connectivity index (χ0n) is 14.3. The molecule has 9 heteroatoms. The van der Waals surface area contributed by atoms with Crippen molar-refractivity contribution in [2.24, 2.45) is 14.1 Å². The largest absolute Gasteiger partial charge is 0.339 e. The number of fused-ring (bicyclic) bond motifs is 1. The number of aryl methyl sites for hydroxylation is 1. The Bertz CT molecular complexity index is 1030. The summed E-state index contributed by atoms with van der Waals surface area (Å²) in [5.74, 6) is 1.53. The van der Waals surface area contributed by atoms with Crippen LogP contribution in [0.1, 0.15) is 49.7 Å². The number of imidazole rings is 1. The van der Waals surface area contributed by atoms with Gasteiger partial charge >= 0.3 is 5.69 Å². The lowest BCUT2D eigenvalue weighted by molar-refractivity contribution is 0.312. The highest BCUT2D eigenvalue weighted by Gasteiger charge is 2.22. The molecule has 9 nitrogen and oxygen atoms in total. The van der Waals surface area contributed by atoms with Gasteiger partial charge in [-0.3, -0.25) is 13.9 Å². The summed E-state index contributed by atoms with van der Waals surface area (Å²) in [6, 6.07) is 0. The van der Waals surface area contributed by atoms with Gasteiger partial charge in [0.25, 0.3) is 5.56 Å². The molecule has 0 spiro atoms. The van der Waals surface area contributed by atoms with Gasteiger partial charge in [0.15, 0.2) is 17.0 Å². The predicted octanol–water partition coefficient (Wildman–Crippen LogP) is 0.913. The first-order valence-electron chi connectivity index (χ1n) is 8.49. The van der Waals surface area contributed by atoms with Crippen molar-refractivity contribution in [1.82, 2.24) is 28.8 Å². The molecule has 3 heterocycles. The van der Waals surface area contributed by atoms with Gasteiger partial charge in [0, 0.05) is 20.0 Å². The SMILES string of the molecule is Cn1c(=O)c2c(ncn2Cc2noc(C3CCCCC3)n2)n(C)c1=O. The molecule has 1 fully saturated rings. The Morgan fingerprint density at radius 1 is 1.16 bits per heavy atom.